The molecule has 15 nitrogen and oxygen atoms in total. The first-order valence-electron chi connectivity index (χ1n) is 15.3. The van der Waals surface area contributed by atoms with E-state index in [1.807, 2.05) is 13.0 Å². The number of carboxylic acids is 1. The number of carbonyl (C=O) groups is 2. The van der Waals surface area contributed by atoms with Crippen molar-refractivity contribution in [3.05, 3.63) is 52.6 Å². The third-order valence-electron chi connectivity index (χ3n) is 7.99. The summed E-state index contributed by atoms with van der Waals surface area (Å²) in [7, 11) is 0. The molecule has 0 amide bonds. The molecule has 7 atom stereocenters. The highest BCUT2D eigenvalue weighted by Crippen LogP contribution is 2.35. The van der Waals surface area contributed by atoms with Gasteiger partial charge >= 0.3 is 17.6 Å². The zero-order chi connectivity index (χ0) is 35.4. The van der Waals surface area contributed by atoms with Crippen LogP contribution >= 0.6 is 0 Å². The maximum atomic E-state index is 12.2. The van der Waals surface area contributed by atoms with Gasteiger partial charge in [0, 0.05) is 12.1 Å². The van der Waals surface area contributed by atoms with Crippen LogP contribution in [0.25, 0.3) is 21.9 Å². The van der Waals surface area contributed by atoms with Gasteiger partial charge in [-0.1, -0.05) is 5.57 Å². The fourth-order valence-electron chi connectivity index (χ4n) is 5.34. The number of ether oxygens (including phenoxy) is 4. The molecule has 1 fully saturated rings. The summed E-state index contributed by atoms with van der Waals surface area (Å²) >= 11 is 0. The highest BCUT2D eigenvalue weighted by Gasteiger charge is 2.47. The van der Waals surface area contributed by atoms with E-state index in [-0.39, 0.29) is 13.0 Å². The minimum atomic E-state index is -1.88. The van der Waals surface area contributed by atoms with Crippen LogP contribution in [0.1, 0.15) is 53.4 Å². The summed E-state index contributed by atoms with van der Waals surface area (Å²) < 4.78 is 33.5. The second-order valence-electron chi connectivity index (χ2n) is 12.8. The minimum absolute atomic E-state index is 0.152. The Bertz CT molecular complexity index is 1660. The van der Waals surface area contributed by atoms with E-state index in [2.05, 4.69) is 0 Å². The predicted molar refractivity (Wildman–Crippen MR) is 167 cm³/mol. The van der Waals surface area contributed by atoms with Crippen LogP contribution in [0, 0.1) is 0 Å². The van der Waals surface area contributed by atoms with Crippen LogP contribution in [0.4, 0.5) is 0 Å². The zero-order valence-electron chi connectivity index (χ0n) is 27.0. The number of aliphatic carboxylic acids is 1. The van der Waals surface area contributed by atoms with Crippen LogP contribution in [-0.2, 0) is 23.8 Å². The van der Waals surface area contributed by atoms with Crippen molar-refractivity contribution < 1.29 is 68.0 Å². The molecule has 2 unspecified atom stereocenters. The Kier molecular flexibility index (Phi) is 11.7. The summed E-state index contributed by atoms with van der Waals surface area (Å²) in [6.45, 7) is 5.55. The average Bonchev–Trinajstić information content (AvgIpc) is 3.44. The summed E-state index contributed by atoms with van der Waals surface area (Å²) in [5, 5.41) is 62.7. The molecule has 3 aromatic rings. The van der Waals surface area contributed by atoms with Gasteiger partial charge in [0.1, 0.15) is 54.5 Å². The molecule has 4 rings (SSSR count). The molecular weight excluding hydrogens is 636 g/mol. The molecule has 1 saturated heterocycles. The Morgan fingerprint density at radius 1 is 1.00 bits per heavy atom. The topological polar surface area (TPSA) is 236 Å². The van der Waals surface area contributed by atoms with Crippen LogP contribution in [0.5, 0.6) is 5.75 Å². The van der Waals surface area contributed by atoms with E-state index >= 15 is 0 Å². The number of aliphatic hydroxyl groups is 5. The molecule has 15 heteroatoms. The number of hydrogen-bond donors (Lipinski definition) is 6. The number of rotatable bonds is 15. The zero-order valence-corrected chi connectivity index (χ0v) is 27.0. The second-order valence-corrected chi connectivity index (χ2v) is 12.8. The van der Waals surface area contributed by atoms with Gasteiger partial charge in [0.2, 0.25) is 0 Å². The quantitative estimate of drug-likeness (QED) is 0.0763. The van der Waals surface area contributed by atoms with E-state index in [9.17, 15) is 39.9 Å². The lowest BCUT2D eigenvalue weighted by atomic mass is 9.94. The van der Waals surface area contributed by atoms with Crippen molar-refractivity contribution in [2.45, 2.75) is 101 Å². The third kappa shape index (κ3) is 9.41. The number of carboxylic acid groups (broad SMARTS) is 1. The molecule has 0 bridgehead atoms. The van der Waals surface area contributed by atoms with E-state index in [0.29, 0.717) is 34.1 Å². The van der Waals surface area contributed by atoms with Gasteiger partial charge in [0.05, 0.1) is 47.2 Å². The van der Waals surface area contributed by atoms with Gasteiger partial charge in [0.15, 0.2) is 6.29 Å². The van der Waals surface area contributed by atoms with Crippen LogP contribution in [0.3, 0.4) is 0 Å². The highest BCUT2D eigenvalue weighted by molar-refractivity contribution is 6.01. The molecule has 1 aliphatic heterocycles. The number of hydrogen-bond acceptors (Lipinski definition) is 14. The van der Waals surface area contributed by atoms with Crippen LogP contribution in [-0.4, -0.2) is 104 Å². The van der Waals surface area contributed by atoms with Gasteiger partial charge < -0.3 is 58.4 Å². The third-order valence-corrected chi connectivity index (χ3v) is 7.99. The second kappa shape index (κ2) is 15.2. The fourth-order valence-corrected chi connectivity index (χ4v) is 5.34. The molecule has 3 heterocycles. The monoisotopic (exact) mass is 678 g/mol. The maximum absolute atomic E-state index is 12.2. The lowest BCUT2D eigenvalue weighted by Gasteiger charge is -2.42. The summed E-state index contributed by atoms with van der Waals surface area (Å²) in [5.41, 5.74) is -2.15. The van der Waals surface area contributed by atoms with Gasteiger partial charge in [-0.15, -0.1) is 0 Å². The van der Waals surface area contributed by atoms with Crippen LogP contribution in [0.2, 0.25) is 0 Å². The number of fused-ring (bicyclic) bond motifs is 2. The lowest BCUT2D eigenvalue weighted by molar-refractivity contribution is -0.322. The summed E-state index contributed by atoms with van der Waals surface area (Å²) in [6.07, 6.45) is -6.36. The Hall–Kier alpha value is -3.83. The van der Waals surface area contributed by atoms with Gasteiger partial charge in [-0.2, -0.15) is 0 Å². The molecule has 6 N–H and O–H groups in total. The Morgan fingerprint density at radius 2 is 1.71 bits per heavy atom. The number of benzene rings is 1. The highest BCUT2D eigenvalue weighted by atomic mass is 16.7. The van der Waals surface area contributed by atoms with E-state index in [1.54, 1.807) is 18.2 Å². The molecule has 0 saturated carbocycles. The molecular formula is C33H42O15. The SMILES string of the molecule is C/C(=C/COc1c2ccoc2cc2oc(=O)ccc12)CCC(O[C@@H]1O[C@H](COC(=O)CC(C)(O)CC(=O)O)[C@@H](O)[C@H](O)[C@H]1O)C(C)(C)O. The number of aliphatic hydroxyl groups excluding tert-OH is 3. The minimum Gasteiger partial charge on any atom is -0.488 e. The maximum Gasteiger partial charge on any atom is 0.336 e. The van der Waals surface area contributed by atoms with E-state index in [4.69, 9.17) is 32.9 Å². The normalized spacial score (nSPS) is 23.9. The van der Waals surface area contributed by atoms with E-state index in [1.165, 1.54) is 26.2 Å². The molecule has 1 aliphatic rings. The van der Waals surface area contributed by atoms with Crippen molar-refractivity contribution in [3.63, 3.8) is 0 Å². The van der Waals surface area contributed by atoms with Gasteiger partial charge in [-0.3, -0.25) is 9.59 Å². The largest absolute Gasteiger partial charge is 0.488 e. The van der Waals surface area contributed by atoms with Crippen molar-refractivity contribution in [3.8, 4) is 5.75 Å². The number of esters is 1. The molecule has 48 heavy (non-hydrogen) atoms. The van der Waals surface area contributed by atoms with Gasteiger partial charge in [-0.05, 0) is 58.7 Å². The molecule has 0 spiro atoms. The first kappa shape index (κ1) is 37.0. The molecule has 2 aromatic heterocycles. The fraction of sp³-hybridized carbons (Fsp3) is 0.545. The van der Waals surface area contributed by atoms with Crippen molar-refractivity contribution in [2.75, 3.05) is 13.2 Å². The van der Waals surface area contributed by atoms with Crippen molar-refractivity contribution in [1.82, 2.24) is 0 Å². The van der Waals surface area contributed by atoms with Crippen LogP contribution in [0.15, 0.2) is 55.8 Å². The summed E-state index contributed by atoms with van der Waals surface area (Å²) in [4.78, 5) is 34.8. The summed E-state index contributed by atoms with van der Waals surface area (Å²) in [6, 6.07) is 6.28. The van der Waals surface area contributed by atoms with Crippen molar-refractivity contribution in [1.29, 1.82) is 0 Å². The van der Waals surface area contributed by atoms with Gasteiger partial charge in [0.25, 0.3) is 0 Å². The van der Waals surface area contributed by atoms with Crippen LogP contribution < -0.4 is 10.4 Å². The Morgan fingerprint density at radius 3 is 2.40 bits per heavy atom. The van der Waals surface area contributed by atoms with Gasteiger partial charge in [-0.25, -0.2) is 4.79 Å². The first-order valence-corrected chi connectivity index (χ1v) is 15.3. The molecule has 264 valence electrons. The molecule has 0 aliphatic carbocycles. The predicted octanol–water partition coefficient (Wildman–Crippen LogP) is 1.77. The van der Waals surface area contributed by atoms with Crippen molar-refractivity contribution in [2.24, 2.45) is 0 Å². The average molecular weight is 679 g/mol. The Balaban J connectivity index is 1.37. The van der Waals surface area contributed by atoms with Crippen molar-refractivity contribution >= 4 is 33.9 Å². The molecule has 0 radical (unpaired) electrons. The van der Waals surface area contributed by atoms with E-state index < -0.39 is 85.0 Å². The number of carbonyl (C=O) groups excluding carboxylic acids is 1. The Labute approximate surface area is 274 Å². The smallest absolute Gasteiger partial charge is 0.336 e. The molecule has 1 aromatic carbocycles. The standard InChI is InChI=1S/C33H42O15/c1-17(9-11-44-30-18-6-8-25(36)46-21(18)13-20-19(30)10-12-43-20)5-7-23(32(2,3)41)48-31-29(40)28(39)27(38)22(47-31)16-45-26(37)15-33(4,42)14-24(34)35/h6,8-10,12-13,22-23,27-29,31,38-42H,5,7,11,14-16H2,1-4H3,(H,34,35)/b17-9-/t22-,23?,27-,28+,29-,31+,33?/m1/s1. The number of furan rings is 1. The van der Waals surface area contributed by atoms with E-state index in [0.717, 1.165) is 12.5 Å². The lowest BCUT2D eigenvalue weighted by Crippen LogP contribution is -2.60. The summed E-state index contributed by atoms with van der Waals surface area (Å²) in [5.74, 6) is -1.81. The first-order chi connectivity index (χ1) is 22.4. The number of allylic oxidation sites excluding steroid dienone is 1.